The third-order valence-corrected chi connectivity index (χ3v) is 4.65. The molecule has 1 aromatic carbocycles. The molecule has 0 saturated heterocycles. The van der Waals surface area contributed by atoms with Gasteiger partial charge in [0.15, 0.2) is 0 Å². The van der Waals surface area contributed by atoms with Gasteiger partial charge < -0.3 is 10.5 Å². The second-order valence-electron chi connectivity index (χ2n) is 6.46. The first kappa shape index (κ1) is 20.6. The molecule has 0 spiro atoms. The molecule has 150 valence electrons. The van der Waals surface area contributed by atoms with E-state index in [1.807, 2.05) is 0 Å². The molecule has 0 fully saturated rings. The van der Waals surface area contributed by atoms with Gasteiger partial charge in [-0.1, -0.05) is 0 Å². The van der Waals surface area contributed by atoms with Crippen molar-refractivity contribution in [3.05, 3.63) is 52.4 Å². The standard InChI is InChI=1S/C18H13BrF3N5O2/c1-17(8-23,9-27-7-10-4-15(19)25-6-14(10)26-27)13-5-11(29-18(20,21)22)2-3-12(13)16(24)28/h2-7H,9H2,1H3,(H2,24,28). The van der Waals surface area contributed by atoms with Crippen LogP contribution >= 0.6 is 15.9 Å². The summed E-state index contributed by atoms with van der Waals surface area (Å²) < 4.78 is 43.8. The number of halogens is 4. The van der Waals surface area contributed by atoms with Crippen molar-refractivity contribution < 1.29 is 22.7 Å². The fourth-order valence-corrected chi connectivity index (χ4v) is 3.28. The molecular weight excluding hydrogens is 455 g/mol. The van der Waals surface area contributed by atoms with E-state index in [1.54, 1.807) is 12.3 Å². The Morgan fingerprint density at radius 3 is 2.72 bits per heavy atom. The summed E-state index contributed by atoms with van der Waals surface area (Å²) in [6, 6.07) is 6.86. The second-order valence-corrected chi connectivity index (χ2v) is 7.27. The number of nitrogens with zero attached hydrogens (tertiary/aromatic N) is 4. The Balaban J connectivity index is 2.06. The highest BCUT2D eigenvalue weighted by molar-refractivity contribution is 9.10. The average molecular weight is 468 g/mol. The first-order valence-electron chi connectivity index (χ1n) is 8.11. The normalized spacial score (nSPS) is 13.7. The SMILES string of the molecule is CC(C#N)(Cn1cc2cc(Br)ncc2n1)c1cc(OC(F)(F)F)ccc1C(N)=O. The second kappa shape index (κ2) is 7.36. The quantitative estimate of drug-likeness (QED) is 0.576. The summed E-state index contributed by atoms with van der Waals surface area (Å²) in [7, 11) is 0. The fourth-order valence-electron chi connectivity index (χ4n) is 2.93. The molecule has 11 heteroatoms. The molecule has 1 amide bonds. The number of aromatic nitrogens is 3. The van der Waals surface area contributed by atoms with Crippen molar-refractivity contribution in [3.8, 4) is 11.8 Å². The number of hydrogen-bond acceptors (Lipinski definition) is 5. The maximum absolute atomic E-state index is 12.6. The van der Waals surface area contributed by atoms with Crippen LogP contribution in [0.4, 0.5) is 13.2 Å². The van der Waals surface area contributed by atoms with Crippen molar-refractivity contribution >= 4 is 32.7 Å². The summed E-state index contributed by atoms with van der Waals surface area (Å²) >= 11 is 3.25. The summed E-state index contributed by atoms with van der Waals surface area (Å²) in [6.07, 6.45) is -1.72. The van der Waals surface area contributed by atoms with Crippen molar-refractivity contribution in [3.63, 3.8) is 0 Å². The lowest BCUT2D eigenvalue weighted by Gasteiger charge is -2.25. The van der Waals surface area contributed by atoms with Crippen LogP contribution in [0.1, 0.15) is 22.8 Å². The molecule has 0 saturated carbocycles. The lowest BCUT2D eigenvalue weighted by atomic mass is 9.80. The first-order valence-corrected chi connectivity index (χ1v) is 8.90. The van der Waals surface area contributed by atoms with E-state index < -0.39 is 23.4 Å². The molecule has 0 aliphatic rings. The Hall–Kier alpha value is -3.13. The third-order valence-electron chi connectivity index (χ3n) is 4.21. The van der Waals surface area contributed by atoms with Crippen LogP contribution in [0.5, 0.6) is 5.75 Å². The zero-order chi connectivity index (χ0) is 21.4. The smallest absolute Gasteiger partial charge is 0.406 e. The molecule has 3 rings (SSSR count). The van der Waals surface area contributed by atoms with E-state index in [-0.39, 0.29) is 17.7 Å². The molecule has 0 aliphatic heterocycles. The molecule has 2 heterocycles. The minimum atomic E-state index is -4.92. The molecule has 1 atom stereocenters. The molecule has 2 aromatic heterocycles. The fraction of sp³-hybridized carbons (Fsp3) is 0.222. The van der Waals surface area contributed by atoms with Gasteiger partial charge in [0.1, 0.15) is 15.9 Å². The summed E-state index contributed by atoms with van der Waals surface area (Å²) in [5.41, 5.74) is 4.43. The zero-order valence-corrected chi connectivity index (χ0v) is 16.5. The lowest BCUT2D eigenvalue weighted by molar-refractivity contribution is -0.274. The first-order chi connectivity index (χ1) is 13.5. The maximum Gasteiger partial charge on any atom is 0.573 e. The van der Waals surface area contributed by atoms with Gasteiger partial charge in [0, 0.05) is 17.1 Å². The molecular formula is C18H13BrF3N5O2. The van der Waals surface area contributed by atoms with E-state index in [0.29, 0.717) is 10.1 Å². The Kier molecular flexibility index (Phi) is 5.23. The number of primary amides is 1. The van der Waals surface area contributed by atoms with Gasteiger partial charge in [-0.3, -0.25) is 9.48 Å². The number of alkyl halides is 3. The largest absolute Gasteiger partial charge is 0.573 e. The number of rotatable bonds is 5. The summed E-state index contributed by atoms with van der Waals surface area (Å²) in [5.74, 6) is -1.43. The third kappa shape index (κ3) is 4.48. The van der Waals surface area contributed by atoms with E-state index in [9.17, 15) is 23.2 Å². The number of amides is 1. The maximum atomic E-state index is 12.6. The van der Waals surface area contributed by atoms with Crippen molar-refractivity contribution in [2.75, 3.05) is 0 Å². The molecule has 29 heavy (non-hydrogen) atoms. The monoisotopic (exact) mass is 467 g/mol. The van der Waals surface area contributed by atoms with Crippen molar-refractivity contribution in [1.82, 2.24) is 14.8 Å². The number of carbonyl (C=O) groups is 1. The molecule has 0 radical (unpaired) electrons. The number of carbonyl (C=O) groups excluding carboxylic acids is 1. The van der Waals surface area contributed by atoms with E-state index in [1.165, 1.54) is 17.8 Å². The van der Waals surface area contributed by atoms with E-state index in [2.05, 4.69) is 36.8 Å². The average Bonchev–Trinajstić information content (AvgIpc) is 3.01. The molecule has 0 bridgehead atoms. The van der Waals surface area contributed by atoms with Crippen LogP contribution in [0.15, 0.2) is 41.3 Å². The summed E-state index contributed by atoms with van der Waals surface area (Å²) in [4.78, 5) is 15.9. The zero-order valence-electron chi connectivity index (χ0n) is 14.9. The Morgan fingerprint density at radius 1 is 1.38 bits per heavy atom. The van der Waals surface area contributed by atoms with Crippen LogP contribution in [0.2, 0.25) is 0 Å². The Bertz CT molecular complexity index is 1140. The lowest BCUT2D eigenvalue weighted by Crippen LogP contribution is -2.30. The van der Waals surface area contributed by atoms with Crippen molar-refractivity contribution in [1.29, 1.82) is 5.26 Å². The number of benzene rings is 1. The van der Waals surface area contributed by atoms with Crippen LogP contribution in [0, 0.1) is 11.3 Å². The van der Waals surface area contributed by atoms with Gasteiger partial charge in [0.25, 0.3) is 0 Å². The van der Waals surface area contributed by atoms with E-state index in [0.717, 1.165) is 23.6 Å². The van der Waals surface area contributed by atoms with Crippen LogP contribution in [-0.4, -0.2) is 27.0 Å². The molecule has 2 N–H and O–H groups in total. The molecule has 0 aliphatic carbocycles. The van der Waals surface area contributed by atoms with Gasteiger partial charge in [-0.05, 0) is 52.7 Å². The minimum Gasteiger partial charge on any atom is -0.406 e. The van der Waals surface area contributed by atoms with E-state index >= 15 is 0 Å². The number of nitrogens with two attached hydrogens (primary N) is 1. The van der Waals surface area contributed by atoms with E-state index in [4.69, 9.17) is 5.73 Å². The van der Waals surface area contributed by atoms with Crippen molar-refractivity contribution in [2.24, 2.45) is 5.73 Å². The predicted octanol–water partition coefficient (Wildman–Crippen LogP) is 3.67. The van der Waals surface area contributed by atoms with Crippen LogP contribution in [0.3, 0.4) is 0 Å². The predicted molar refractivity (Wildman–Crippen MR) is 99.8 cm³/mol. The number of nitriles is 1. The molecule has 1 unspecified atom stereocenters. The highest BCUT2D eigenvalue weighted by Crippen LogP contribution is 2.33. The topological polar surface area (TPSA) is 107 Å². The highest BCUT2D eigenvalue weighted by atomic mass is 79.9. The Labute approximate surface area is 171 Å². The number of fused-ring (bicyclic) bond motifs is 1. The summed E-state index contributed by atoms with van der Waals surface area (Å²) in [5, 5.41) is 14.9. The van der Waals surface area contributed by atoms with Crippen LogP contribution in [0.25, 0.3) is 10.9 Å². The van der Waals surface area contributed by atoms with Gasteiger partial charge in [-0.25, -0.2) is 4.98 Å². The van der Waals surface area contributed by atoms with Crippen LogP contribution < -0.4 is 10.5 Å². The van der Waals surface area contributed by atoms with Gasteiger partial charge >= 0.3 is 6.36 Å². The van der Waals surface area contributed by atoms with Crippen LogP contribution in [-0.2, 0) is 12.0 Å². The highest BCUT2D eigenvalue weighted by Gasteiger charge is 2.35. The number of hydrogen-bond donors (Lipinski definition) is 1. The minimum absolute atomic E-state index is 0.00751. The summed E-state index contributed by atoms with van der Waals surface area (Å²) in [6.45, 7) is 1.43. The van der Waals surface area contributed by atoms with Crippen molar-refractivity contribution in [2.45, 2.75) is 25.2 Å². The Morgan fingerprint density at radius 2 is 2.10 bits per heavy atom. The number of pyridine rings is 1. The van der Waals surface area contributed by atoms with Gasteiger partial charge in [0.05, 0.1) is 24.2 Å². The van der Waals surface area contributed by atoms with Gasteiger partial charge in [0.2, 0.25) is 5.91 Å². The van der Waals surface area contributed by atoms with Gasteiger partial charge in [-0.2, -0.15) is 10.4 Å². The molecule has 7 nitrogen and oxygen atoms in total. The molecule has 3 aromatic rings. The number of ether oxygens (including phenoxy) is 1. The van der Waals surface area contributed by atoms with Gasteiger partial charge in [-0.15, -0.1) is 13.2 Å².